The van der Waals surface area contributed by atoms with E-state index in [1.54, 1.807) is 22.5 Å². The van der Waals surface area contributed by atoms with Crippen molar-refractivity contribution in [2.24, 2.45) is 11.5 Å². The number of hydrogen-bond acceptors (Lipinski definition) is 9. The number of alkyl carbamates (subject to hydrolysis) is 1. The molecule has 0 saturated carbocycles. The molecule has 16 nitrogen and oxygen atoms in total. The van der Waals surface area contributed by atoms with Crippen molar-refractivity contribution in [3.63, 3.8) is 0 Å². The number of ether oxygens (including phenoxy) is 2. The van der Waals surface area contributed by atoms with Crippen LogP contribution in [0.5, 0.6) is 5.75 Å². The summed E-state index contributed by atoms with van der Waals surface area (Å²) in [5.74, 6) is -2.08. The minimum Gasteiger partial charge on any atom is -0.494 e. The van der Waals surface area contributed by atoms with Gasteiger partial charge in [-0.25, -0.2) is 9.78 Å². The van der Waals surface area contributed by atoms with Crippen molar-refractivity contribution in [2.75, 3.05) is 25.6 Å². The maximum Gasteiger partial charge on any atom is 0.431 e. The lowest BCUT2D eigenvalue weighted by Gasteiger charge is -2.14. The van der Waals surface area contributed by atoms with Gasteiger partial charge in [0.2, 0.25) is 11.9 Å². The van der Waals surface area contributed by atoms with Crippen LogP contribution in [0.2, 0.25) is 0 Å². The third-order valence-corrected chi connectivity index (χ3v) is 7.08. The van der Waals surface area contributed by atoms with Gasteiger partial charge in [-0.15, -0.1) is 0 Å². The predicted octanol–water partition coefficient (Wildman–Crippen LogP) is 2.09. The van der Waals surface area contributed by atoms with E-state index in [9.17, 15) is 37.1 Å². The highest BCUT2D eigenvalue weighted by molar-refractivity contribution is 6.04. The molecule has 0 saturated heterocycles. The largest absolute Gasteiger partial charge is 0.494 e. The molecule has 4 aromatic rings. The number of aromatic amines is 1. The number of nitrogens with zero attached hydrogens (tertiary/aromatic N) is 4. The van der Waals surface area contributed by atoms with Gasteiger partial charge >= 0.3 is 12.3 Å². The van der Waals surface area contributed by atoms with Gasteiger partial charge in [0.15, 0.2) is 0 Å². The quantitative estimate of drug-likeness (QED) is 0.130. The van der Waals surface area contributed by atoms with Gasteiger partial charge in [-0.05, 0) is 50.1 Å². The topological polar surface area (TPSA) is 231 Å². The van der Waals surface area contributed by atoms with Crippen molar-refractivity contribution in [2.45, 2.75) is 46.0 Å². The molecule has 0 atom stereocenters. The van der Waals surface area contributed by atoms with Crippen LogP contribution in [-0.2, 0) is 30.4 Å². The summed E-state index contributed by atoms with van der Waals surface area (Å²) in [6.45, 7) is 3.67. The molecule has 0 radical (unpaired) electrons. The molecule has 4 amide bonds. The summed E-state index contributed by atoms with van der Waals surface area (Å²) in [4.78, 5) is 66.8. The fraction of sp³-hybridized carbons (Fsp3) is 0.345. The van der Waals surface area contributed by atoms with Crippen molar-refractivity contribution >= 4 is 40.8 Å². The first-order valence-electron chi connectivity index (χ1n) is 14.4. The Morgan fingerprint density at radius 1 is 1.08 bits per heavy atom. The minimum atomic E-state index is -4.94. The minimum absolute atomic E-state index is 0.0215. The van der Waals surface area contributed by atoms with Crippen molar-refractivity contribution in [1.29, 1.82) is 0 Å². The smallest absolute Gasteiger partial charge is 0.431 e. The molecule has 0 aliphatic carbocycles. The number of benzene rings is 1. The van der Waals surface area contributed by atoms with E-state index in [0.717, 1.165) is 6.07 Å². The summed E-state index contributed by atoms with van der Waals surface area (Å²) in [7, 11) is 1.38. The van der Waals surface area contributed by atoms with Crippen LogP contribution < -0.4 is 32.4 Å². The Hall–Kier alpha value is -5.88. The zero-order chi connectivity index (χ0) is 35.3. The predicted molar refractivity (Wildman–Crippen MR) is 164 cm³/mol. The zero-order valence-electron chi connectivity index (χ0n) is 26.0. The van der Waals surface area contributed by atoms with E-state index in [1.807, 2.05) is 6.92 Å². The number of carbonyl (C=O) groups is 4. The molecule has 0 unspecified atom stereocenters. The van der Waals surface area contributed by atoms with E-state index in [1.165, 1.54) is 23.9 Å². The molecule has 3 heterocycles. The summed E-state index contributed by atoms with van der Waals surface area (Å²) in [6.07, 6.45) is -6.12. The number of methoxy groups -OCH3 is 1. The summed E-state index contributed by atoms with van der Waals surface area (Å²) in [5, 5.41) is 9.53. The Bertz CT molecular complexity index is 1950. The summed E-state index contributed by atoms with van der Waals surface area (Å²) in [5.41, 5.74) is 8.48. The number of halogens is 3. The molecule has 0 fully saturated rings. The molecule has 48 heavy (non-hydrogen) atoms. The molecular weight excluding hydrogens is 643 g/mol. The SMILES string of the molecule is CCn1nc(C)cc1C(=O)Nc1nc2cc(C(N)=O)cc(OC)c2n1CCCNC(=O)OCCc1cc(C(N)=O)c(=O)[nH]c1C(F)(F)F. The average Bonchev–Trinajstić information content (AvgIpc) is 3.57. The van der Waals surface area contributed by atoms with Crippen molar-refractivity contribution in [1.82, 2.24) is 29.6 Å². The second-order valence-electron chi connectivity index (χ2n) is 10.4. The molecule has 0 aliphatic rings. The molecule has 7 N–H and O–H groups in total. The number of nitrogens with two attached hydrogens (primary N) is 2. The van der Waals surface area contributed by atoms with Gasteiger partial charge in [-0.3, -0.25) is 29.2 Å². The summed E-state index contributed by atoms with van der Waals surface area (Å²) in [6, 6.07) is 5.21. The van der Waals surface area contributed by atoms with E-state index in [2.05, 4.69) is 20.7 Å². The van der Waals surface area contributed by atoms with Crippen LogP contribution in [0.15, 0.2) is 29.1 Å². The number of rotatable bonds is 13. The van der Waals surface area contributed by atoms with Crippen LogP contribution in [0.3, 0.4) is 0 Å². The highest BCUT2D eigenvalue weighted by Crippen LogP contribution is 2.32. The number of anilines is 1. The van der Waals surface area contributed by atoms with Gasteiger partial charge in [-0.2, -0.15) is 18.3 Å². The standard InChI is InChI=1S/C29H32F3N9O7/c1-4-41-19(10-14(2)39-41)26(45)38-27-36-18-12-16(23(33)42)13-20(47-3)21(18)40(27)8-5-7-35-28(46)48-9-6-15-11-17(24(34)43)25(44)37-22(15)29(30,31)32/h10-13H,4-9H2,1-3H3,(H2,33,42)(H2,34,43)(H,35,46)(H,37,44)(H,36,38,45). The second kappa shape index (κ2) is 14.3. The molecule has 4 rings (SSSR count). The Labute approximate surface area is 269 Å². The van der Waals surface area contributed by atoms with Crippen molar-refractivity contribution in [3.05, 3.63) is 68.4 Å². The number of alkyl halides is 3. The second-order valence-corrected chi connectivity index (χ2v) is 10.4. The Kier molecular flexibility index (Phi) is 10.4. The molecule has 3 aromatic heterocycles. The zero-order valence-corrected chi connectivity index (χ0v) is 26.0. The number of amides is 4. The van der Waals surface area contributed by atoms with Gasteiger partial charge in [0.1, 0.15) is 28.2 Å². The van der Waals surface area contributed by atoms with E-state index < -0.39 is 65.4 Å². The van der Waals surface area contributed by atoms with Crippen LogP contribution in [-0.4, -0.2) is 68.4 Å². The first-order valence-corrected chi connectivity index (χ1v) is 14.4. The highest BCUT2D eigenvalue weighted by Gasteiger charge is 2.35. The molecule has 256 valence electrons. The van der Waals surface area contributed by atoms with Crippen LogP contribution in [0.25, 0.3) is 11.0 Å². The Balaban J connectivity index is 1.46. The number of H-pyrrole nitrogens is 1. The third kappa shape index (κ3) is 7.73. The average molecular weight is 676 g/mol. The first-order chi connectivity index (χ1) is 22.6. The van der Waals surface area contributed by atoms with Crippen molar-refractivity contribution < 1.29 is 41.8 Å². The van der Waals surface area contributed by atoms with E-state index >= 15 is 0 Å². The Morgan fingerprint density at radius 3 is 2.44 bits per heavy atom. The van der Waals surface area contributed by atoms with Gasteiger partial charge in [0, 0.05) is 31.6 Å². The lowest BCUT2D eigenvalue weighted by atomic mass is 10.1. The normalized spacial score (nSPS) is 11.4. The van der Waals surface area contributed by atoms with E-state index in [-0.39, 0.29) is 42.5 Å². The van der Waals surface area contributed by atoms with Gasteiger partial charge in [0.05, 0.1) is 24.9 Å². The molecular formula is C29H32F3N9O7. The molecule has 0 bridgehead atoms. The highest BCUT2D eigenvalue weighted by atomic mass is 19.4. The number of fused-ring (bicyclic) bond motifs is 1. The molecule has 1 aromatic carbocycles. The van der Waals surface area contributed by atoms with Crippen LogP contribution in [0.1, 0.15) is 61.5 Å². The number of pyridine rings is 1. The number of aromatic nitrogens is 5. The number of aryl methyl sites for hydroxylation is 3. The molecule has 0 spiro atoms. The lowest BCUT2D eigenvalue weighted by molar-refractivity contribution is -0.142. The van der Waals surface area contributed by atoms with Crippen molar-refractivity contribution in [3.8, 4) is 5.75 Å². The van der Waals surface area contributed by atoms with E-state index in [4.69, 9.17) is 20.9 Å². The maximum atomic E-state index is 13.4. The number of primary amides is 2. The number of nitrogens with one attached hydrogen (secondary N) is 3. The summed E-state index contributed by atoms with van der Waals surface area (Å²) < 4.78 is 53.9. The van der Waals surface area contributed by atoms with Gasteiger partial charge in [-0.1, -0.05) is 0 Å². The summed E-state index contributed by atoms with van der Waals surface area (Å²) >= 11 is 0. The van der Waals surface area contributed by atoms with Gasteiger partial charge in [0.25, 0.3) is 17.4 Å². The number of carbonyl (C=O) groups excluding carboxylic acids is 4. The lowest BCUT2D eigenvalue weighted by Crippen LogP contribution is -2.29. The Morgan fingerprint density at radius 2 is 1.81 bits per heavy atom. The monoisotopic (exact) mass is 675 g/mol. The van der Waals surface area contributed by atoms with Crippen LogP contribution in [0.4, 0.5) is 23.9 Å². The maximum absolute atomic E-state index is 13.4. The molecule has 0 aliphatic heterocycles. The van der Waals surface area contributed by atoms with Crippen LogP contribution >= 0.6 is 0 Å². The van der Waals surface area contributed by atoms with Crippen LogP contribution in [0, 0.1) is 6.92 Å². The van der Waals surface area contributed by atoms with E-state index in [0.29, 0.717) is 23.3 Å². The van der Waals surface area contributed by atoms with Gasteiger partial charge < -0.3 is 35.8 Å². The fourth-order valence-electron chi connectivity index (χ4n) is 4.91. The number of imidazole rings is 1. The fourth-order valence-corrected chi connectivity index (χ4v) is 4.91. The first kappa shape index (κ1) is 35.0. The molecule has 19 heteroatoms. The number of hydrogen-bond donors (Lipinski definition) is 5. The third-order valence-electron chi connectivity index (χ3n) is 7.08.